The highest BCUT2D eigenvalue weighted by Gasteiger charge is 2.24. The average molecular weight is 401 g/mol. The number of nitrogens with zero attached hydrogens (tertiary/aromatic N) is 1. The lowest BCUT2D eigenvalue weighted by molar-refractivity contribution is -0.136. The molecule has 0 unspecified atom stereocenters. The van der Waals surface area contributed by atoms with E-state index in [4.69, 9.17) is 0 Å². The van der Waals surface area contributed by atoms with Crippen molar-refractivity contribution in [2.45, 2.75) is 26.3 Å². The van der Waals surface area contributed by atoms with Gasteiger partial charge in [0.1, 0.15) is 0 Å². The number of aryl methyl sites for hydroxylation is 2. The smallest absolute Gasteiger partial charge is 0.313 e. The predicted molar refractivity (Wildman–Crippen MR) is 109 cm³/mol. The molecule has 0 bridgehead atoms. The second-order valence-corrected chi connectivity index (χ2v) is 8.81. The highest BCUT2D eigenvalue weighted by atomic mass is 32.2. The molecular formula is C20H23N3O4S. The van der Waals surface area contributed by atoms with Crippen LogP contribution in [0.1, 0.15) is 23.1 Å². The highest BCUT2D eigenvalue weighted by molar-refractivity contribution is 7.92. The third kappa shape index (κ3) is 4.69. The van der Waals surface area contributed by atoms with Crippen LogP contribution in [0.4, 0.5) is 11.4 Å². The van der Waals surface area contributed by atoms with Crippen LogP contribution in [-0.4, -0.2) is 33.0 Å². The molecule has 0 saturated heterocycles. The fourth-order valence-corrected chi connectivity index (χ4v) is 4.14. The van der Waals surface area contributed by atoms with Crippen LogP contribution in [-0.2, 0) is 32.6 Å². The lowest BCUT2D eigenvalue weighted by Crippen LogP contribution is -2.35. The molecule has 7 nitrogen and oxygen atoms in total. The summed E-state index contributed by atoms with van der Waals surface area (Å²) in [4.78, 5) is 24.2. The van der Waals surface area contributed by atoms with Crippen LogP contribution in [0.15, 0.2) is 42.5 Å². The molecule has 0 radical (unpaired) electrons. The van der Waals surface area contributed by atoms with Gasteiger partial charge in [-0.2, -0.15) is 0 Å². The van der Waals surface area contributed by atoms with Crippen LogP contribution in [0.25, 0.3) is 0 Å². The van der Waals surface area contributed by atoms with Crippen molar-refractivity contribution >= 4 is 33.2 Å². The molecule has 1 aliphatic rings. The van der Waals surface area contributed by atoms with Crippen LogP contribution in [0.5, 0.6) is 0 Å². The maximum atomic E-state index is 12.2. The van der Waals surface area contributed by atoms with Gasteiger partial charge in [-0.1, -0.05) is 29.8 Å². The molecule has 3 rings (SSSR count). The summed E-state index contributed by atoms with van der Waals surface area (Å²) in [6, 6.07) is 12.7. The second kappa shape index (κ2) is 8.02. The van der Waals surface area contributed by atoms with Crippen LogP contribution in [0.3, 0.4) is 0 Å². The first-order valence-corrected chi connectivity index (χ1v) is 10.8. The third-order valence-corrected chi connectivity index (χ3v) is 5.77. The minimum atomic E-state index is -3.34. The number of fused-ring (bicyclic) bond motifs is 1. The Bertz CT molecular complexity index is 1000. The van der Waals surface area contributed by atoms with E-state index in [0.717, 1.165) is 16.7 Å². The van der Waals surface area contributed by atoms with E-state index in [1.54, 1.807) is 18.2 Å². The molecule has 148 valence electrons. The number of amides is 2. The summed E-state index contributed by atoms with van der Waals surface area (Å²) < 4.78 is 25.2. The number of benzene rings is 2. The van der Waals surface area contributed by atoms with Gasteiger partial charge in [-0.3, -0.25) is 13.9 Å². The lowest BCUT2D eigenvalue weighted by Gasteiger charge is -2.29. The number of carbonyl (C=O) groups excluding carboxylic acids is 2. The summed E-state index contributed by atoms with van der Waals surface area (Å²) in [6.45, 7) is 2.68. The first-order chi connectivity index (χ1) is 13.2. The van der Waals surface area contributed by atoms with Gasteiger partial charge in [0.2, 0.25) is 10.0 Å². The molecule has 1 heterocycles. The Kier molecular flexibility index (Phi) is 5.69. The zero-order chi connectivity index (χ0) is 20.3. The first kappa shape index (κ1) is 19.9. The van der Waals surface area contributed by atoms with E-state index < -0.39 is 21.8 Å². The fourth-order valence-electron chi connectivity index (χ4n) is 3.14. The largest absolute Gasteiger partial charge is 0.344 e. The lowest BCUT2D eigenvalue weighted by atomic mass is 10.0. The second-order valence-electron chi connectivity index (χ2n) is 6.90. The first-order valence-electron chi connectivity index (χ1n) is 8.99. The summed E-state index contributed by atoms with van der Waals surface area (Å²) in [6.07, 6.45) is 2.59. The zero-order valence-electron chi connectivity index (χ0n) is 15.9. The Labute approximate surface area is 164 Å². The average Bonchev–Trinajstić information content (AvgIpc) is 2.65. The number of nitrogens with one attached hydrogen (secondary N) is 2. The summed E-state index contributed by atoms with van der Waals surface area (Å²) in [5, 5.41) is 5.16. The molecule has 2 amide bonds. The summed E-state index contributed by atoms with van der Waals surface area (Å²) in [7, 11) is -3.34. The normalized spacial score (nSPS) is 13.6. The monoisotopic (exact) mass is 401 g/mol. The molecule has 0 fully saturated rings. The van der Waals surface area contributed by atoms with Gasteiger partial charge in [-0.15, -0.1) is 0 Å². The molecule has 0 aromatic heterocycles. The van der Waals surface area contributed by atoms with Crippen LogP contribution >= 0.6 is 0 Å². The molecule has 0 spiro atoms. The molecule has 2 aromatic carbocycles. The molecule has 28 heavy (non-hydrogen) atoms. The molecular weight excluding hydrogens is 378 g/mol. The van der Waals surface area contributed by atoms with E-state index in [-0.39, 0.29) is 6.54 Å². The van der Waals surface area contributed by atoms with Gasteiger partial charge in [0.05, 0.1) is 11.9 Å². The van der Waals surface area contributed by atoms with Crippen molar-refractivity contribution in [1.29, 1.82) is 0 Å². The maximum Gasteiger partial charge on any atom is 0.313 e. The van der Waals surface area contributed by atoms with E-state index >= 15 is 0 Å². The summed E-state index contributed by atoms with van der Waals surface area (Å²) >= 11 is 0. The van der Waals surface area contributed by atoms with Crippen molar-refractivity contribution in [3.05, 3.63) is 59.2 Å². The van der Waals surface area contributed by atoms with Gasteiger partial charge in [-0.25, -0.2) is 8.42 Å². The molecule has 0 saturated carbocycles. The molecule has 0 atom stereocenters. The summed E-state index contributed by atoms with van der Waals surface area (Å²) in [5.41, 5.74) is 3.94. The van der Waals surface area contributed by atoms with Gasteiger partial charge >= 0.3 is 11.8 Å². The van der Waals surface area contributed by atoms with E-state index in [1.165, 1.54) is 10.6 Å². The van der Waals surface area contributed by atoms with Crippen molar-refractivity contribution in [1.82, 2.24) is 5.32 Å². The number of rotatable bonds is 4. The predicted octanol–water partition coefficient (Wildman–Crippen LogP) is 1.96. The minimum absolute atomic E-state index is 0.264. The highest BCUT2D eigenvalue weighted by Crippen LogP contribution is 2.31. The van der Waals surface area contributed by atoms with Crippen molar-refractivity contribution in [2.75, 3.05) is 22.4 Å². The van der Waals surface area contributed by atoms with Crippen molar-refractivity contribution in [2.24, 2.45) is 0 Å². The Morgan fingerprint density at radius 3 is 2.46 bits per heavy atom. The number of anilines is 2. The molecule has 1 aliphatic heterocycles. The molecule has 8 heteroatoms. The Hall–Kier alpha value is -2.87. The topological polar surface area (TPSA) is 95.6 Å². The maximum absolute atomic E-state index is 12.2. The Morgan fingerprint density at radius 2 is 1.79 bits per heavy atom. The van der Waals surface area contributed by atoms with Gasteiger partial charge in [0.25, 0.3) is 0 Å². The van der Waals surface area contributed by atoms with Crippen LogP contribution in [0, 0.1) is 6.92 Å². The SMILES string of the molecule is Cc1ccc(CNC(=O)C(=O)Nc2ccc3c(c2)CCCN3S(C)(=O)=O)cc1. The van der Waals surface area contributed by atoms with Crippen LogP contribution < -0.4 is 14.9 Å². The van der Waals surface area contributed by atoms with Gasteiger partial charge in [-0.05, 0) is 49.1 Å². The minimum Gasteiger partial charge on any atom is -0.344 e. The van der Waals surface area contributed by atoms with Gasteiger partial charge < -0.3 is 10.6 Å². The van der Waals surface area contributed by atoms with E-state index in [9.17, 15) is 18.0 Å². The Morgan fingerprint density at radius 1 is 1.07 bits per heavy atom. The Balaban J connectivity index is 1.64. The van der Waals surface area contributed by atoms with Gasteiger partial charge in [0.15, 0.2) is 0 Å². The summed E-state index contributed by atoms with van der Waals surface area (Å²) in [5.74, 6) is -1.49. The number of sulfonamides is 1. The third-order valence-electron chi connectivity index (χ3n) is 4.59. The number of hydrogen-bond donors (Lipinski definition) is 2. The molecule has 2 N–H and O–H groups in total. The quantitative estimate of drug-likeness (QED) is 0.766. The molecule has 2 aromatic rings. The van der Waals surface area contributed by atoms with Crippen molar-refractivity contribution < 1.29 is 18.0 Å². The van der Waals surface area contributed by atoms with Crippen molar-refractivity contribution in [3.8, 4) is 0 Å². The van der Waals surface area contributed by atoms with E-state index in [2.05, 4.69) is 10.6 Å². The number of carbonyl (C=O) groups is 2. The van der Waals surface area contributed by atoms with Crippen molar-refractivity contribution in [3.63, 3.8) is 0 Å². The molecule has 0 aliphatic carbocycles. The van der Waals surface area contributed by atoms with E-state index in [1.807, 2.05) is 31.2 Å². The van der Waals surface area contributed by atoms with Crippen LogP contribution in [0.2, 0.25) is 0 Å². The zero-order valence-corrected chi connectivity index (χ0v) is 16.7. The standard InChI is InChI=1S/C20H23N3O4S/c1-14-5-7-15(8-6-14)13-21-19(24)20(25)22-17-9-10-18-16(12-17)4-3-11-23(18)28(2,26)27/h5-10,12H,3-4,11,13H2,1-2H3,(H,21,24)(H,22,25). The number of hydrogen-bond acceptors (Lipinski definition) is 4. The fraction of sp³-hybridized carbons (Fsp3) is 0.300. The van der Waals surface area contributed by atoms with E-state index in [0.29, 0.717) is 30.8 Å². The van der Waals surface area contributed by atoms with Gasteiger partial charge in [0, 0.05) is 18.8 Å².